The number of aliphatic hydroxyl groups excluding tert-OH is 1. The summed E-state index contributed by atoms with van der Waals surface area (Å²) in [5, 5.41) is 14.4. The van der Waals surface area contributed by atoms with Crippen molar-refractivity contribution < 1.29 is 9.84 Å². The number of nitrogens with zero attached hydrogens (tertiary/aromatic N) is 3. The van der Waals surface area contributed by atoms with Crippen molar-refractivity contribution in [1.29, 1.82) is 0 Å². The number of rotatable bonds is 8. The lowest BCUT2D eigenvalue weighted by atomic mass is 10.1. The first-order valence-corrected chi connectivity index (χ1v) is 7.30. The fourth-order valence-corrected chi connectivity index (χ4v) is 2.23. The van der Waals surface area contributed by atoms with E-state index >= 15 is 0 Å². The molecule has 1 atom stereocenters. The van der Waals surface area contributed by atoms with Crippen molar-refractivity contribution in [3.05, 3.63) is 17.5 Å². The SMILES string of the molecule is CC(C)OCC(O)CN(C)Cc1cn(C)nc1C(C)C. The van der Waals surface area contributed by atoms with Crippen LogP contribution in [0.1, 0.15) is 44.9 Å². The molecule has 116 valence electrons. The van der Waals surface area contributed by atoms with E-state index in [1.807, 2.05) is 32.6 Å². The van der Waals surface area contributed by atoms with E-state index in [-0.39, 0.29) is 6.10 Å². The molecular formula is C15H29N3O2. The number of hydrogen-bond acceptors (Lipinski definition) is 4. The molecule has 1 heterocycles. The number of aliphatic hydroxyl groups is 1. The lowest BCUT2D eigenvalue weighted by Gasteiger charge is -2.21. The van der Waals surface area contributed by atoms with Crippen molar-refractivity contribution in [2.75, 3.05) is 20.2 Å². The molecule has 0 amide bonds. The average molecular weight is 283 g/mol. The molecule has 0 spiro atoms. The van der Waals surface area contributed by atoms with Crippen LogP contribution in [-0.2, 0) is 18.3 Å². The zero-order valence-corrected chi connectivity index (χ0v) is 13.6. The maximum atomic E-state index is 9.94. The van der Waals surface area contributed by atoms with Crippen molar-refractivity contribution in [2.45, 2.75) is 52.4 Å². The molecule has 1 aromatic heterocycles. The molecule has 0 saturated carbocycles. The second kappa shape index (κ2) is 7.76. The Balaban J connectivity index is 2.51. The van der Waals surface area contributed by atoms with E-state index in [1.54, 1.807) is 0 Å². The molecular weight excluding hydrogens is 254 g/mol. The Morgan fingerprint density at radius 2 is 2.00 bits per heavy atom. The number of ether oxygens (including phenoxy) is 1. The third-order valence-electron chi connectivity index (χ3n) is 3.07. The van der Waals surface area contributed by atoms with Gasteiger partial charge in [-0.15, -0.1) is 0 Å². The highest BCUT2D eigenvalue weighted by atomic mass is 16.5. The highest BCUT2D eigenvalue weighted by Crippen LogP contribution is 2.18. The minimum absolute atomic E-state index is 0.154. The van der Waals surface area contributed by atoms with Crippen LogP contribution >= 0.6 is 0 Å². The van der Waals surface area contributed by atoms with Gasteiger partial charge >= 0.3 is 0 Å². The third-order valence-corrected chi connectivity index (χ3v) is 3.07. The van der Waals surface area contributed by atoms with Gasteiger partial charge < -0.3 is 9.84 Å². The van der Waals surface area contributed by atoms with Gasteiger partial charge in [0.2, 0.25) is 0 Å². The highest BCUT2D eigenvalue weighted by Gasteiger charge is 2.15. The van der Waals surface area contributed by atoms with Crippen LogP contribution in [0.2, 0.25) is 0 Å². The van der Waals surface area contributed by atoms with Gasteiger partial charge in [-0.25, -0.2) is 0 Å². The lowest BCUT2D eigenvalue weighted by molar-refractivity contribution is -0.00637. The van der Waals surface area contributed by atoms with Crippen LogP contribution in [0.4, 0.5) is 0 Å². The molecule has 20 heavy (non-hydrogen) atoms. The summed E-state index contributed by atoms with van der Waals surface area (Å²) >= 11 is 0. The summed E-state index contributed by atoms with van der Waals surface area (Å²) in [5.74, 6) is 0.411. The standard InChI is InChI=1S/C15H29N3O2/c1-11(2)15-13(8-18(6)16-15)7-17(5)9-14(19)10-20-12(3)4/h8,11-12,14,19H,7,9-10H2,1-6H3. The Morgan fingerprint density at radius 1 is 1.35 bits per heavy atom. The fourth-order valence-electron chi connectivity index (χ4n) is 2.23. The molecule has 5 nitrogen and oxygen atoms in total. The van der Waals surface area contributed by atoms with Crippen LogP contribution in [0.5, 0.6) is 0 Å². The topological polar surface area (TPSA) is 50.5 Å². The summed E-state index contributed by atoms with van der Waals surface area (Å²) in [5.41, 5.74) is 2.36. The first-order chi connectivity index (χ1) is 9.29. The molecule has 0 aliphatic heterocycles. The minimum Gasteiger partial charge on any atom is -0.389 e. The monoisotopic (exact) mass is 283 g/mol. The van der Waals surface area contributed by atoms with E-state index in [0.29, 0.717) is 19.1 Å². The summed E-state index contributed by atoms with van der Waals surface area (Å²) in [7, 11) is 3.95. The van der Waals surface area contributed by atoms with Crippen molar-refractivity contribution >= 4 is 0 Å². The molecule has 1 unspecified atom stereocenters. The highest BCUT2D eigenvalue weighted by molar-refractivity contribution is 5.20. The second-order valence-corrected chi connectivity index (χ2v) is 6.10. The van der Waals surface area contributed by atoms with E-state index in [1.165, 1.54) is 5.56 Å². The van der Waals surface area contributed by atoms with Gasteiger partial charge in [0.25, 0.3) is 0 Å². The molecule has 0 aliphatic carbocycles. The van der Waals surface area contributed by atoms with E-state index < -0.39 is 6.10 Å². The predicted molar refractivity (Wildman–Crippen MR) is 80.7 cm³/mol. The number of aryl methyl sites for hydroxylation is 1. The second-order valence-electron chi connectivity index (χ2n) is 6.10. The first-order valence-electron chi connectivity index (χ1n) is 7.30. The lowest BCUT2D eigenvalue weighted by Crippen LogP contribution is -2.32. The normalized spacial score (nSPS) is 13.7. The van der Waals surface area contributed by atoms with Crippen LogP contribution in [0.15, 0.2) is 6.20 Å². The van der Waals surface area contributed by atoms with Crippen molar-refractivity contribution in [1.82, 2.24) is 14.7 Å². The number of hydrogen-bond donors (Lipinski definition) is 1. The molecule has 1 rings (SSSR count). The van der Waals surface area contributed by atoms with Gasteiger partial charge in [0.1, 0.15) is 0 Å². The summed E-state index contributed by atoms with van der Waals surface area (Å²) in [6, 6.07) is 0. The Labute approximate surface area is 122 Å². The third kappa shape index (κ3) is 5.61. The molecule has 1 N–H and O–H groups in total. The molecule has 1 aromatic rings. The molecule has 0 radical (unpaired) electrons. The van der Waals surface area contributed by atoms with Gasteiger partial charge in [0.05, 0.1) is 24.5 Å². The fraction of sp³-hybridized carbons (Fsp3) is 0.800. The summed E-state index contributed by atoms with van der Waals surface area (Å²) in [6.45, 7) is 10.0. The van der Waals surface area contributed by atoms with Gasteiger partial charge in [-0.05, 0) is 26.8 Å². The molecule has 0 fully saturated rings. The van der Waals surface area contributed by atoms with Crippen LogP contribution in [0.25, 0.3) is 0 Å². The van der Waals surface area contributed by atoms with Crippen molar-refractivity contribution in [3.63, 3.8) is 0 Å². The Bertz CT molecular complexity index is 402. The average Bonchev–Trinajstić information content (AvgIpc) is 2.67. The maximum absolute atomic E-state index is 9.94. The van der Waals surface area contributed by atoms with Gasteiger partial charge in [0.15, 0.2) is 0 Å². The van der Waals surface area contributed by atoms with E-state index in [2.05, 4.69) is 30.0 Å². The minimum atomic E-state index is -0.457. The van der Waals surface area contributed by atoms with Crippen molar-refractivity contribution in [2.24, 2.45) is 7.05 Å². The smallest absolute Gasteiger partial charge is 0.0900 e. The quantitative estimate of drug-likeness (QED) is 0.790. The van der Waals surface area contributed by atoms with Crippen LogP contribution in [-0.4, -0.2) is 52.2 Å². The van der Waals surface area contributed by atoms with Crippen LogP contribution in [0, 0.1) is 0 Å². The van der Waals surface area contributed by atoms with Gasteiger partial charge in [-0.1, -0.05) is 13.8 Å². The van der Waals surface area contributed by atoms with E-state index in [0.717, 1.165) is 12.2 Å². The predicted octanol–water partition coefficient (Wildman–Crippen LogP) is 1.76. The van der Waals surface area contributed by atoms with E-state index in [9.17, 15) is 5.11 Å². The summed E-state index contributed by atoms with van der Waals surface area (Å²) in [6.07, 6.45) is 1.76. The molecule has 0 aromatic carbocycles. The molecule has 0 saturated heterocycles. The molecule has 0 bridgehead atoms. The molecule has 5 heteroatoms. The van der Waals surface area contributed by atoms with E-state index in [4.69, 9.17) is 4.74 Å². The van der Waals surface area contributed by atoms with Crippen LogP contribution < -0.4 is 0 Å². The maximum Gasteiger partial charge on any atom is 0.0900 e. The molecule has 0 aliphatic rings. The van der Waals surface area contributed by atoms with Crippen molar-refractivity contribution in [3.8, 4) is 0 Å². The van der Waals surface area contributed by atoms with Crippen LogP contribution in [0.3, 0.4) is 0 Å². The Morgan fingerprint density at radius 3 is 2.55 bits per heavy atom. The zero-order valence-electron chi connectivity index (χ0n) is 13.6. The summed E-state index contributed by atoms with van der Waals surface area (Å²) in [4.78, 5) is 2.11. The zero-order chi connectivity index (χ0) is 15.3. The van der Waals surface area contributed by atoms with Gasteiger partial charge in [0, 0.05) is 31.9 Å². The van der Waals surface area contributed by atoms with Gasteiger partial charge in [-0.3, -0.25) is 9.58 Å². The Kier molecular flexibility index (Phi) is 6.65. The summed E-state index contributed by atoms with van der Waals surface area (Å²) < 4.78 is 7.29. The number of aromatic nitrogens is 2. The Hall–Kier alpha value is -0.910. The first kappa shape index (κ1) is 17.1. The number of likely N-dealkylation sites (N-methyl/N-ethyl adjacent to an activating group) is 1. The van der Waals surface area contributed by atoms with Gasteiger partial charge in [-0.2, -0.15) is 5.10 Å². The largest absolute Gasteiger partial charge is 0.389 e.